The summed E-state index contributed by atoms with van der Waals surface area (Å²) in [5.41, 5.74) is -1.74. The highest BCUT2D eigenvalue weighted by molar-refractivity contribution is 5.94. The van der Waals surface area contributed by atoms with E-state index in [0.717, 1.165) is 19.3 Å². The van der Waals surface area contributed by atoms with Crippen molar-refractivity contribution in [2.45, 2.75) is 87.9 Å². The largest absolute Gasteiger partial charge is 0.390 e. The minimum absolute atomic E-state index is 0.103. The first-order valence-corrected chi connectivity index (χ1v) is 9.65. The highest BCUT2D eigenvalue weighted by Crippen LogP contribution is 2.50. The van der Waals surface area contributed by atoms with E-state index in [2.05, 4.69) is 12.2 Å². The number of nitrogens with one attached hydrogen (secondary N) is 1. The fraction of sp³-hybridized carbons (Fsp3) is 0.789. The molecule has 3 rings (SSSR count). The molecule has 2 saturated carbocycles. The zero-order valence-corrected chi connectivity index (χ0v) is 15.1. The van der Waals surface area contributed by atoms with Crippen LogP contribution < -0.4 is 5.32 Å². The Kier molecular flexibility index (Phi) is 5.81. The highest BCUT2D eigenvalue weighted by atomic mass is 16.6. The predicted molar refractivity (Wildman–Crippen MR) is 93.2 cm³/mol. The van der Waals surface area contributed by atoms with Gasteiger partial charge in [0.05, 0.1) is 24.2 Å². The number of epoxide rings is 1. The van der Waals surface area contributed by atoms with Gasteiger partial charge in [-0.05, 0) is 18.9 Å². The molecule has 3 aliphatic rings. The second-order valence-corrected chi connectivity index (χ2v) is 7.74. The molecule has 7 heteroatoms. The van der Waals surface area contributed by atoms with E-state index in [9.17, 15) is 24.9 Å². The van der Waals surface area contributed by atoms with Crippen molar-refractivity contribution in [1.29, 1.82) is 0 Å². The maximum absolute atomic E-state index is 12.4. The van der Waals surface area contributed by atoms with E-state index in [1.54, 1.807) is 6.08 Å². The maximum Gasteiger partial charge on any atom is 0.243 e. The molecular weight excluding hydrogens is 338 g/mol. The molecule has 3 fully saturated rings. The van der Waals surface area contributed by atoms with Crippen LogP contribution in [0.2, 0.25) is 0 Å². The van der Waals surface area contributed by atoms with E-state index in [4.69, 9.17) is 4.74 Å². The summed E-state index contributed by atoms with van der Waals surface area (Å²) < 4.78 is 5.24. The lowest BCUT2D eigenvalue weighted by atomic mass is 9.64. The second-order valence-electron chi connectivity index (χ2n) is 7.74. The minimum atomic E-state index is -1.74. The van der Waals surface area contributed by atoms with Gasteiger partial charge in [-0.25, -0.2) is 0 Å². The van der Waals surface area contributed by atoms with Crippen molar-refractivity contribution >= 4 is 11.7 Å². The number of hydrogen-bond acceptors (Lipinski definition) is 6. The molecule has 0 spiro atoms. The quantitative estimate of drug-likeness (QED) is 0.277. The molecule has 2 aliphatic carbocycles. The number of allylic oxidation sites excluding steroid dienone is 1. The number of Topliss-reactive ketones (excluding diaryl/α,β-unsaturated/α-hetero) is 1. The van der Waals surface area contributed by atoms with Crippen LogP contribution in [0.25, 0.3) is 0 Å². The molecule has 0 radical (unpaired) electrons. The van der Waals surface area contributed by atoms with Gasteiger partial charge in [0.25, 0.3) is 0 Å². The van der Waals surface area contributed by atoms with Crippen LogP contribution in [-0.2, 0) is 14.3 Å². The van der Waals surface area contributed by atoms with Crippen LogP contribution in [0.3, 0.4) is 0 Å². The van der Waals surface area contributed by atoms with Crippen molar-refractivity contribution in [1.82, 2.24) is 5.32 Å². The van der Waals surface area contributed by atoms with E-state index in [-0.39, 0.29) is 12.3 Å². The smallest absolute Gasteiger partial charge is 0.243 e. The molecule has 0 aromatic rings. The number of ketones is 1. The third kappa shape index (κ3) is 3.58. The van der Waals surface area contributed by atoms with Crippen molar-refractivity contribution in [3.8, 4) is 0 Å². The summed E-state index contributed by atoms with van der Waals surface area (Å²) in [6.45, 7) is 2.16. The number of aliphatic hydroxyl groups excluding tert-OH is 2. The number of hydrogen-bond donors (Lipinski definition) is 4. The van der Waals surface area contributed by atoms with Gasteiger partial charge in [0.1, 0.15) is 12.2 Å². The van der Waals surface area contributed by atoms with Gasteiger partial charge in [-0.1, -0.05) is 38.7 Å². The number of amides is 1. The number of aliphatic hydroxyl groups is 3. The lowest BCUT2D eigenvalue weighted by Gasteiger charge is -2.46. The standard InChI is InChI=1S/C19H29NO6/c1-2-3-4-5-6-7-8-9-12(21)20-11-10-19(25)17(24)13(14(11)22)15(23)16-18(19)26-16/h8-9,11,13-16,18,22-23,25H,2-7,10H2,1H3,(H,20,21)/t11-,13-,14+,15+,16-,18-,19+/m0/s1. The fourth-order valence-corrected chi connectivity index (χ4v) is 4.26. The van der Waals surface area contributed by atoms with Crippen LogP contribution in [0, 0.1) is 5.92 Å². The number of rotatable bonds is 8. The molecule has 4 N–H and O–H groups in total. The van der Waals surface area contributed by atoms with Gasteiger partial charge in [-0.3, -0.25) is 9.59 Å². The molecule has 26 heavy (non-hydrogen) atoms. The average molecular weight is 367 g/mol. The van der Waals surface area contributed by atoms with Gasteiger partial charge < -0.3 is 25.4 Å². The SMILES string of the molecule is CCCCCCCC=CC(=O)N[C@H]1C[C@@]2(O)C(=O)[C@H]([C@@H](O)[C@@H]3O[C@@H]32)[C@@H]1O. The Balaban J connectivity index is 1.52. The highest BCUT2D eigenvalue weighted by Gasteiger charge is 2.72. The van der Waals surface area contributed by atoms with E-state index < -0.39 is 47.8 Å². The minimum Gasteiger partial charge on any atom is -0.390 e. The Morgan fingerprint density at radius 2 is 2.00 bits per heavy atom. The first-order valence-electron chi connectivity index (χ1n) is 9.65. The summed E-state index contributed by atoms with van der Waals surface area (Å²) in [6, 6.07) is -0.802. The molecule has 1 aliphatic heterocycles. The molecule has 1 amide bonds. The fourth-order valence-electron chi connectivity index (χ4n) is 4.26. The summed E-state index contributed by atoms with van der Waals surface area (Å²) in [5.74, 6) is -2.10. The van der Waals surface area contributed by atoms with Crippen molar-refractivity contribution < 1.29 is 29.6 Å². The van der Waals surface area contributed by atoms with Crippen molar-refractivity contribution in [2.75, 3.05) is 0 Å². The number of unbranched alkanes of at least 4 members (excludes halogenated alkanes) is 5. The van der Waals surface area contributed by atoms with Crippen LogP contribution >= 0.6 is 0 Å². The molecule has 146 valence electrons. The summed E-state index contributed by atoms with van der Waals surface area (Å²) in [7, 11) is 0. The van der Waals surface area contributed by atoms with Crippen molar-refractivity contribution in [3.05, 3.63) is 12.2 Å². The average Bonchev–Trinajstić information content (AvgIpc) is 3.40. The van der Waals surface area contributed by atoms with Crippen molar-refractivity contribution in [2.24, 2.45) is 5.92 Å². The predicted octanol–water partition coefficient (Wildman–Crippen LogP) is 0.211. The molecule has 0 aromatic heterocycles. The van der Waals surface area contributed by atoms with E-state index in [1.165, 1.54) is 25.3 Å². The maximum atomic E-state index is 12.4. The molecule has 7 atom stereocenters. The summed E-state index contributed by atoms with van der Waals surface area (Å²) >= 11 is 0. The van der Waals surface area contributed by atoms with Crippen LogP contribution in [-0.4, -0.2) is 63.1 Å². The molecule has 1 heterocycles. The first-order chi connectivity index (χ1) is 12.4. The topological polar surface area (TPSA) is 119 Å². The summed E-state index contributed by atoms with van der Waals surface area (Å²) in [4.78, 5) is 24.5. The summed E-state index contributed by atoms with van der Waals surface area (Å²) in [6.07, 6.45) is 5.97. The van der Waals surface area contributed by atoms with Gasteiger partial charge in [0.15, 0.2) is 11.4 Å². The third-order valence-corrected chi connectivity index (χ3v) is 5.81. The number of carbonyl (C=O) groups is 2. The zero-order valence-electron chi connectivity index (χ0n) is 15.1. The number of fused-ring (bicyclic) bond motifs is 4. The summed E-state index contributed by atoms with van der Waals surface area (Å²) in [5, 5.41) is 33.9. The van der Waals surface area contributed by atoms with E-state index >= 15 is 0 Å². The number of ether oxygens (including phenoxy) is 1. The Morgan fingerprint density at radius 3 is 2.73 bits per heavy atom. The van der Waals surface area contributed by atoms with Gasteiger partial charge in [0.2, 0.25) is 5.91 Å². The molecule has 1 saturated heterocycles. The molecular formula is C19H29NO6. The Labute approximate surface area is 153 Å². The van der Waals surface area contributed by atoms with Crippen molar-refractivity contribution in [3.63, 3.8) is 0 Å². The molecule has 2 bridgehead atoms. The monoisotopic (exact) mass is 367 g/mol. The third-order valence-electron chi connectivity index (χ3n) is 5.81. The number of carbonyl (C=O) groups excluding carboxylic acids is 2. The Hall–Kier alpha value is -1.28. The van der Waals surface area contributed by atoms with Gasteiger partial charge in [0, 0.05) is 6.42 Å². The Bertz CT molecular complexity index is 578. The van der Waals surface area contributed by atoms with Gasteiger partial charge >= 0.3 is 0 Å². The van der Waals surface area contributed by atoms with Gasteiger partial charge in [-0.15, -0.1) is 0 Å². The van der Waals surface area contributed by atoms with Crippen LogP contribution in [0.1, 0.15) is 51.9 Å². The Morgan fingerprint density at radius 1 is 1.27 bits per heavy atom. The normalized spacial score (nSPS) is 41.2. The lowest BCUT2D eigenvalue weighted by molar-refractivity contribution is -0.171. The van der Waals surface area contributed by atoms with Crippen LogP contribution in [0.15, 0.2) is 12.2 Å². The molecule has 0 aromatic carbocycles. The van der Waals surface area contributed by atoms with E-state index in [0.29, 0.717) is 0 Å². The lowest BCUT2D eigenvalue weighted by Crippen LogP contribution is -2.69. The van der Waals surface area contributed by atoms with Crippen LogP contribution in [0.5, 0.6) is 0 Å². The first kappa shape index (κ1) is 19.5. The second kappa shape index (κ2) is 7.76. The van der Waals surface area contributed by atoms with Crippen LogP contribution in [0.4, 0.5) is 0 Å². The molecule has 0 unspecified atom stereocenters. The van der Waals surface area contributed by atoms with Gasteiger partial charge in [-0.2, -0.15) is 0 Å². The molecule has 7 nitrogen and oxygen atoms in total. The zero-order chi connectivity index (χ0) is 18.9. The van der Waals surface area contributed by atoms with E-state index in [1.807, 2.05) is 0 Å².